The van der Waals surface area contributed by atoms with Crippen LogP contribution >= 0.6 is 0 Å². The molecule has 1 heterocycles. The number of amides is 1. The second-order valence-corrected chi connectivity index (χ2v) is 5.95. The highest BCUT2D eigenvalue weighted by Crippen LogP contribution is 2.22. The third-order valence-electron chi connectivity index (χ3n) is 4.10. The fourth-order valence-corrected chi connectivity index (χ4v) is 2.87. The van der Waals surface area contributed by atoms with Crippen molar-refractivity contribution in [1.29, 1.82) is 0 Å². The molecule has 2 N–H and O–H groups in total. The van der Waals surface area contributed by atoms with E-state index in [-0.39, 0.29) is 18.1 Å². The van der Waals surface area contributed by atoms with Gasteiger partial charge in [0.15, 0.2) is 0 Å². The molecule has 0 saturated heterocycles. The minimum absolute atomic E-state index is 0.135. The number of carbonyl (C=O) groups excluding carboxylic acids is 1. The van der Waals surface area contributed by atoms with Crippen molar-refractivity contribution in [2.75, 3.05) is 5.32 Å². The van der Waals surface area contributed by atoms with E-state index in [9.17, 15) is 9.90 Å². The second-order valence-electron chi connectivity index (χ2n) is 5.95. The molecule has 2 aromatic carbocycles. The van der Waals surface area contributed by atoms with Crippen LogP contribution in [0.25, 0.3) is 5.69 Å². The molecular weight excluding hydrogens is 314 g/mol. The predicted octanol–water partition coefficient (Wildman–Crippen LogP) is 3.63. The van der Waals surface area contributed by atoms with E-state index in [0.29, 0.717) is 0 Å². The zero-order chi connectivity index (χ0) is 17.8. The summed E-state index contributed by atoms with van der Waals surface area (Å²) in [4.78, 5) is 12.3. The Morgan fingerprint density at radius 1 is 1.20 bits per heavy atom. The smallest absolute Gasteiger partial charge is 0.228 e. The van der Waals surface area contributed by atoms with Crippen LogP contribution in [0.3, 0.4) is 0 Å². The van der Waals surface area contributed by atoms with Crippen LogP contribution in [0.2, 0.25) is 0 Å². The zero-order valence-corrected chi connectivity index (χ0v) is 14.4. The van der Waals surface area contributed by atoms with Crippen LogP contribution in [0.1, 0.15) is 23.7 Å². The summed E-state index contributed by atoms with van der Waals surface area (Å²) in [6.07, 6.45) is 2.63. The number of nitrogens with one attached hydrogen (secondary N) is 1. The molecule has 1 aromatic heterocycles. The molecule has 25 heavy (non-hydrogen) atoms. The van der Waals surface area contributed by atoms with Gasteiger partial charge in [0.05, 0.1) is 29.7 Å². The molecule has 0 aliphatic heterocycles. The summed E-state index contributed by atoms with van der Waals surface area (Å²) < 4.78 is 1.87. The van der Waals surface area contributed by atoms with Crippen LogP contribution < -0.4 is 5.32 Å². The molecule has 5 heteroatoms. The minimum Gasteiger partial charge on any atom is -0.508 e. The van der Waals surface area contributed by atoms with Crippen molar-refractivity contribution in [3.8, 4) is 11.4 Å². The lowest BCUT2D eigenvalue weighted by Gasteiger charge is -2.11. The topological polar surface area (TPSA) is 67.2 Å². The molecule has 0 saturated carbocycles. The maximum Gasteiger partial charge on any atom is 0.228 e. The number of hydrogen-bond acceptors (Lipinski definition) is 3. The quantitative estimate of drug-likeness (QED) is 0.748. The third-order valence-corrected chi connectivity index (χ3v) is 4.10. The van der Waals surface area contributed by atoms with E-state index in [1.165, 1.54) is 0 Å². The number of phenolic OH excluding ortho intramolecular Hbond substituents is 1. The van der Waals surface area contributed by atoms with E-state index in [1.807, 2.05) is 48.9 Å². The van der Waals surface area contributed by atoms with Gasteiger partial charge in [0.25, 0.3) is 0 Å². The van der Waals surface area contributed by atoms with E-state index in [4.69, 9.17) is 0 Å². The summed E-state index contributed by atoms with van der Waals surface area (Å²) in [5.74, 6) is 0.0246. The number of aromatic nitrogens is 2. The second kappa shape index (κ2) is 7.21. The first kappa shape index (κ1) is 16.8. The number of anilines is 1. The Kier molecular flexibility index (Phi) is 4.84. The SMILES string of the molecule is CCc1c(NC(=O)Cc2cccc(O)c2)cnn1-c1ccccc1C. The molecule has 0 unspecified atom stereocenters. The van der Waals surface area contributed by atoms with E-state index < -0.39 is 0 Å². The molecule has 0 atom stereocenters. The van der Waals surface area contributed by atoms with Crippen LogP contribution in [0.15, 0.2) is 54.7 Å². The molecule has 5 nitrogen and oxygen atoms in total. The number of phenols is 1. The lowest BCUT2D eigenvalue weighted by Crippen LogP contribution is -2.15. The van der Waals surface area contributed by atoms with E-state index >= 15 is 0 Å². The Labute approximate surface area is 146 Å². The Balaban J connectivity index is 1.81. The van der Waals surface area contributed by atoms with Gasteiger partial charge in [0.2, 0.25) is 5.91 Å². The monoisotopic (exact) mass is 335 g/mol. The van der Waals surface area contributed by atoms with Crippen LogP contribution in [0, 0.1) is 6.92 Å². The summed E-state index contributed by atoms with van der Waals surface area (Å²) in [5.41, 5.74) is 4.57. The first-order valence-corrected chi connectivity index (χ1v) is 8.29. The first-order chi connectivity index (χ1) is 12.1. The summed E-state index contributed by atoms with van der Waals surface area (Å²) in [6.45, 7) is 4.08. The molecule has 0 fully saturated rings. The number of rotatable bonds is 5. The number of aromatic hydroxyl groups is 1. The van der Waals surface area contributed by atoms with Crippen molar-refractivity contribution >= 4 is 11.6 Å². The summed E-state index contributed by atoms with van der Waals surface area (Å²) in [5, 5.41) is 16.9. The fourth-order valence-electron chi connectivity index (χ4n) is 2.87. The van der Waals surface area contributed by atoms with Gasteiger partial charge in [0.1, 0.15) is 5.75 Å². The summed E-state index contributed by atoms with van der Waals surface area (Å²) >= 11 is 0. The molecule has 0 radical (unpaired) electrons. The molecule has 0 bridgehead atoms. The van der Waals surface area contributed by atoms with E-state index in [1.54, 1.807) is 24.4 Å². The van der Waals surface area contributed by atoms with Crippen LogP contribution in [0.5, 0.6) is 5.75 Å². The molecule has 0 spiro atoms. The molecule has 1 amide bonds. The number of para-hydroxylation sites is 1. The van der Waals surface area contributed by atoms with Crippen molar-refractivity contribution < 1.29 is 9.90 Å². The molecule has 128 valence electrons. The highest BCUT2D eigenvalue weighted by molar-refractivity contribution is 5.92. The van der Waals surface area contributed by atoms with Crippen molar-refractivity contribution in [3.05, 3.63) is 71.5 Å². The number of nitrogens with zero attached hydrogens (tertiary/aromatic N) is 2. The standard InChI is InChI=1S/C20H21N3O2/c1-3-18-17(13-21-23(18)19-10-5-4-7-14(19)2)22-20(25)12-15-8-6-9-16(24)11-15/h4-11,13,24H,3,12H2,1-2H3,(H,22,25). The van der Waals surface area contributed by atoms with Crippen LogP contribution in [0.4, 0.5) is 5.69 Å². The average Bonchev–Trinajstić information content (AvgIpc) is 2.97. The van der Waals surface area contributed by atoms with Gasteiger partial charge in [-0.15, -0.1) is 0 Å². The number of aryl methyl sites for hydroxylation is 1. The van der Waals surface area contributed by atoms with Gasteiger partial charge in [0, 0.05) is 0 Å². The number of hydrogen-bond donors (Lipinski definition) is 2. The average molecular weight is 335 g/mol. The molecular formula is C20H21N3O2. The van der Waals surface area contributed by atoms with Crippen molar-refractivity contribution in [3.63, 3.8) is 0 Å². The van der Waals surface area contributed by atoms with Gasteiger partial charge in [-0.2, -0.15) is 5.10 Å². The Bertz CT molecular complexity index is 899. The van der Waals surface area contributed by atoms with Gasteiger partial charge < -0.3 is 10.4 Å². The maximum absolute atomic E-state index is 12.3. The van der Waals surface area contributed by atoms with Gasteiger partial charge in [-0.05, 0) is 42.7 Å². The maximum atomic E-state index is 12.3. The van der Waals surface area contributed by atoms with Gasteiger partial charge in [-0.1, -0.05) is 37.3 Å². The van der Waals surface area contributed by atoms with Gasteiger partial charge in [-0.25, -0.2) is 4.68 Å². The number of carbonyl (C=O) groups is 1. The lowest BCUT2D eigenvalue weighted by molar-refractivity contribution is -0.115. The van der Waals surface area contributed by atoms with E-state index in [0.717, 1.165) is 34.6 Å². The Morgan fingerprint density at radius 3 is 2.72 bits per heavy atom. The van der Waals surface area contributed by atoms with Crippen molar-refractivity contribution in [2.24, 2.45) is 0 Å². The first-order valence-electron chi connectivity index (χ1n) is 8.29. The predicted molar refractivity (Wildman–Crippen MR) is 98.1 cm³/mol. The van der Waals surface area contributed by atoms with Gasteiger partial charge in [-0.3, -0.25) is 4.79 Å². The zero-order valence-electron chi connectivity index (χ0n) is 14.4. The normalized spacial score (nSPS) is 10.6. The Morgan fingerprint density at radius 2 is 2.00 bits per heavy atom. The summed E-state index contributed by atoms with van der Waals surface area (Å²) in [6, 6.07) is 14.7. The molecule has 0 aliphatic carbocycles. The minimum atomic E-state index is -0.135. The molecule has 0 aliphatic rings. The summed E-state index contributed by atoms with van der Waals surface area (Å²) in [7, 11) is 0. The lowest BCUT2D eigenvalue weighted by atomic mass is 10.1. The highest BCUT2D eigenvalue weighted by atomic mass is 16.3. The van der Waals surface area contributed by atoms with E-state index in [2.05, 4.69) is 10.4 Å². The van der Waals surface area contributed by atoms with Crippen LogP contribution in [-0.4, -0.2) is 20.8 Å². The largest absolute Gasteiger partial charge is 0.508 e. The fraction of sp³-hybridized carbons (Fsp3) is 0.200. The molecule has 3 aromatic rings. The highest BCUT2D eigenvalue weighted by Gasteiger charge is 2.14. The molecule has 3 rings (SSSR count). The van der Waals surface area contributed by atoms with Crippen molar-refractivity contribution in [2.45, 2.75) is 26.7 Å². The third kappa shape index (κ3) is 3.71. The number of benzene rings is 2. The van der Waals surface area contributed by atoms with Crippen LogP contribution in [-0.2, 0) is 17.6 Å². The Hall–Kier alpha value is -3.08. The van der Waals surface area contributed by atoms with Gasteiger partial charge >= 0.3 is 0 Å². The van der Waals surface area contributed by atoms with Crippen molar-refractivity contribution in [1.82, 2.24) is 9.78 Å².